The molecule has 2 heteroatoms. The van der Waals surface area contributed by atoms with Crippen molar-refractivity contribution in [3.63, 3.8) is 0 Å². The molecule has 15 heavy (non-hydrogen) atoms. The van der Waals surface area contributed by atoms with E-state index in [2.05, 4.69) is 44.3 Å². The molecule has 0 aliphatic rings. The van der Waals surface area contributed by atoms with Crippen LogP contribution in [0.2, 0.25) is 0 Å². The highest BCUT2D eigenvalue weighted by Crippen LogP contribution is 2.13. The van der Waals surface area contributed by atoms with E-state index in [-0.39, 0.29) is 0 Å². The minimum atomic E-state index is 0.726. The SMILES string of the molecule is CCNCCOCc1c(C)cccc1C. The molecule has 0 aliphatic carbocycles. The summed E-state index contributed by atoms with van der Waals surface area (Å²) >= 11 is 0. The molecule has 0 heterocycles. The second-order valence-corrected chi connectivity index (χ2v) is 3.78. The molecule has 1 rings (SSSR count). The predicted molar refractivity (Wildman–Crippen MR) is 64.1 cm³/mol. The molecule has 0 amide bonds. The van der Waals surface area contributed by atoms with Crippen LogP contribution in [-0.4, -0.2) is 19.7 Å². The van der Waals surface area contributed by atoms with Gasteiger partial charge in [0.05, 0.1) is 13.2 Å². The lowest BCUT2D eigenvalue weighted by atomic mass is 10.0. The van der Waals surface area contributed by atoms with Crippen molar-refractivity contribution < 1.29 is 4.74 Å². The summed E-state index contributed by atoms with van der Waals surface area (Å²) in [5.41, 5.74) is 3.96. The topological polar surface area (TPSA) is 21.3 Å². The van der Waals surface area contributed by atoms with Gasteiger partial charge in [0.2, 0.25) is 0 Å². The van der Waals surface area contributed by atoms with Crippen molar-refractivity contribution in [2.24, 2.45) is 0 Å². The van der Waals surface area contributed by atoms with Gasteiger partial charge in [-0.2, -0.15) is 0 Å². The highest BCUT2D eigenvalue weighted by molar-refractivity contribution is 5.32. The standard InChI is InChI=1S/C13H21NO/c1-4-14-8-9-15-10-13-11(2)6-5-7-12(13)3/h5-7,14H,4,8-10H2,1-3H3. The van der Waals surface area contributed by atoms with Crippen LogP contribution >= 0.6 is 0 Å². The Labute approximate surface area is 92.6 Å². The van der Waals surface area contributed by atoms with Crippen molar-refractivity contribution >= 4 is 0 Å². The smallest absolute Gasteiger partial charge is 0.0722 e. The molecule has 0 saturated heterocycles. The van der Waals surface area contributed by atoms with Crippen molar-refractivity contribution in [3.05, 3.63) is 34.9 Å². The molecular formula is C13H21NO. The molecule has 84 valence electrons. The summed E-state index contributed by atoms with van der Waals surface area (Å²) in [5, 5.41) is 3.24. The maximum Gasteiger partial charge on any atom is 0.0722 e. The van der Waals surface area contributed by atoms with Crippen LogP contribution < -0.4 is 5.32 Å². The zero-order chi connectivity index (χ0) is 11.1. The van der Waals surface area contributed by atoms with Gasteiger partial charge in [-0.05, 0) is 37.1 Å². The van der Waals surface area contributed by atoms with Gasteiger partial charge in [-0.15, -0.1) is 0 Å². The lowest BCUT2D eigenvalue weighted by Gasteiger charge is -2.10. The van der Waals surface area contributed by atoms with Gasteiger partial charge >= 0.3 is 0 Å². The van der Waals surface area contributed by atoms with Crippen LogP contribution in [0.15, 0.2) is 18.2 Å². The number of aryl methyl sites for hydroxylation is 2. The molecule has 1 aromatic rings. The number of likely N-dealkylation sites (N-methyl/N-ethyl adjacent to an activating group) is 1. The summed E-state index contributed by atoms with van der Waals surface area (Å²) in [6.07, 6.45) is 0. The molecule has 0 unspecified atom stereocenters. The Kier molecular flexibility index (Phi) is 5.37. The number of rotatable bonds is 6. The average molecular weight is 207 g/mol. The molecule has 0 aromatic heterocycles. The Morgan fingerprint density at radius 2 is 1.87 bits per heavy atom. The Balaban J connectivity index is 2.37. The van der Waals surface area contributed by atoms with Crippen LogP contribution in [0.25, 0.3) is 0 Å². The second kappa shape index (κ2) is 6.59. The van der Waals surface area contributed by atoms with E-state index in [9.17, 15) is 0 Å². The lowest BCUT2D eigenvalue weighted by molar-refractivity contribution is 0.122. The van der Waals surface area contributed by atoms with Gasteiger partial charge in [-0.3, -0.25) is 0 Å². The molecule has 1 aromatic carbocycles. The summed E-state index contributed by atoms with van der Waals surface area (Å²) in [7, 11) is 0. The Morgan fingerprint density at radius 3 is 2.47 bits per heavy atom. The second-order valence-electron chi connectivity index (χ2n) is 3.78. The van der Waals surface area contributed by atoms with Crippen LogP contribution in [0, 0.1) is 13.8 Å². The number of ether oxygens (including phenoxy) is 1. The van der Waals surface area contributed by atoms with Gasteiger partial charge in [0.15, 0.2) is 0 Å². The fourth-order valence-corrected chi connectivity index (χ4v) is 1.57. The fourth-order valence-electron chi connectivity index (χ4n) is 1.57. The van der Waals surface area contributed by atoms with Crippen LogP contribution in [0.1, 0.15) is 23.6 Å². The molecule has 0 radical (unpaired) electrons. The molecule has 1 N–H and O–H groups in total. The first-order chi connectivity index (χ1) is 7.25. The van der Waals surface area contributed by atoms with Crippen molar-refractivity contribution in [2.75, 3.05) is 19.7 Å². The van der Waals surface area contributed by atoms with E-state index in [1.165, 1.54) is 16.7 Å². The third-order valence-electron chi connectivity index (χ3n) is 2.56. The van der Waals surface area contributed by atoms with E-state index >= 15 is 0 Å². The minimum Gasteiger partial charge on any atom is -0.375 e. The Bertz CT molecular complexity index is 276. The molecule has 0 bridgehead atoms. The van der Waals surface area contributed by atoms with E-state index in [0.717, 1.165) is 26.3 Å². The van der Waals surface area contributed by atoms with Gasteiger partial charge < -0.3 is 10.1 Å². The number of benzene rings is 1. The molecule has 0 saturated carbocycles. The maximum absolute atomic E-state index is 5.62. The van der Waals surface area contributed by atoms with Gasteiger partial charge in [-0.25, -0.2) is 0 Å². The minimum absolute atomic E-state index is 0.726. The normalized spacial score (nSPS) is 10.6. The molecule has 2 nitrogen and oxygen atoms in total. The monoisotopic (exact) mass is 207 g/mol. The van der Waals surface area contributed by atoms with E-state index in [1.54, 1.807) is 0 Å². The van der Waals surface area contributed by atoms with E-state index in [4.69, 9.17) is 4.74 Å². The lowest BCUT2D eigenvalue weighted by Crippen LogP contribution is -2.19. The molecular weight excluding hydrogens is 186 g/mol. The first-order valence-electron chi connectivity index (χ1n) is 5.59. The number of hydrogen-bond donors (Lipinski definition) is 1. The van der Waals surface area contributed by atoms with Crippen LogP contribution in [0.3, 0.4) is 0 Å². The Morgan fingerprint density at radius 1 is 1.20 bits per heavy atom. The summed E-state index contributed by atoms with van der Waals surface area (Å²) in [6.45, 7) is 9.82. The molecule has 0 spiro atoms. The first kappa shape index (κ1) is 12.2. The van der Waals surface area contributed by atoms with Gasteiger partial charge in [0.1, 0.15) is 0 Å². The highest BCUT2D eigenvalue weighted by Gasteiger charge is 2.01. The van der Waals surface area contributed by atoms with Gasteiger partial charge in [-0.1, -0.05) is 25.1 Å². The Hall–Kier alpha value is -0.860. The summed E-state index contributed by atoms with van der Waals surface area (Å²) in [5.74, 6) is 0. The summed E-state index contributed by atoms with van der Waals surface area (Å²) in [4.78, 5) is 0. The van der Waals surface area contributed by atoms with E-state index in [0.29, 0.717) is 0 Å². The fraction of sp³-hybridized carbons (Fsp3) is 0.538. The number of nitrogens with one attached hydrogen (secondary N) is 1. The average Bonchev–Trinajstić information content (AvgIpc) is 2.21. The molecule has 0 atom stereocenters. The predicted octanol–water partition coefficient (Wildman–Crippen LogP) is 2.43. The van der Waals surface area contributed by atoms with E-state index < -0.39 is 0 Å². The van der Waals surface area contributed by atoms with E-state index in [1.807, 2.05) is 0 Å². The highest BCUT2D eigenvalue weighted by atomic mass is 16.5. The zero-order valence-corrected chi connectivity index (χ0v) is 9.97. The van der Waals surface area contributed by atoms with Crippen LogP contribution in [-0.2, 0) is 11.3 Å². The van der Waals surface area contributed by atoms with Crippen molar-refractivity contribution in [2.45, 2.75) is 27.4 Å². The van der Waals surface area contributed by atoms with Crippen molar-refractivity contribution in [1.29, 1.82) is 0 Å². The zero-order valence-electron chi connectivity index (χ0n) is 9.97. The van der Waals surface area contributed by atoms with Crippen LogP contribution in [0.5, 0.6) is 0 Å². The largest absolute Gasteiger partial charge is 0.375 e. The third kappa shape index (κ3) is 4.02. The molecule has 0 aliphatic heterocycles. The quantitative estimate of drug-likeness (QED) is 0.723. The summed E-state index contributed by atoms with van der Waals surface area (Å²) < 4.78 is 5.62. The van der Waals surface area contributed by atoms with Crippen molar-refractivity contribution in [3.8, 4) is 0 Å². The summed E-state index contributed by atoms with van der Waals surface area (Å²) in [6, 6.07) is 6.36. The molecule has 0 fully saturated rings. The maximum atomic E-state index is 5.62. The third-order valence-corrected chi connectivity index (χ3v) is 2.56. The first-order valence-corrected chi connectivity index (χ1v) is 5.59. The van der Waals surface area contributed by atoms with Gasteiger partial charge in [0, 0.05) is 6.54 Å². The van der Waals surface area contributed by atoms with Crippen LogP contribution in [0.4, 0.5) is 0 Å². The van der Waals surface area contributed by atoms with Crippen molar-refractivity contribution in [1.82, 2.24) is 5.32 Å². The number of hydrogen-bond acceptors (Lipinski definition) is 2. The van der Waals surface area contributed by atoms with Gasteiger partial charge in [0.25, 0.3) is 0 Å².